The number of carboxylic acids is 1. The third-order valence-electron chi connectivity index (χ3n) is 3.06. The number of carbonyl (C=O) groups is 1. The van der Waals surface area contributed by atoms with Crippen molar-refractivity contribution in [2.45, 2.75) is 41.5 Å². The minimum Gasteiger partial charge on any atom is -0.478 e. The fourth-order valence-electron chi connectivity index (χ4n) is 1.40. The van der Waals surface area contributed by atoms with Crippen LogP contribution >= 0.6 is 0 Å². The van der Waals surface area contributed by atoms with E-state index < -0.39 is 66.3 Å². The Balaban J connectivity index is 6.56. The Kier molecular flexibility index (Phi) is 6.44. The first-order chi connectivity index (χ1) is 12.0. The highest BCUT2D eigenvalue weighted by molar-refractivity contribution is 5.79. The molecule has 0 saturated heterocycles. The van der Waals surface area contributed by atoms with Gasteiger partial charge < -0.3 is 5.11 Å². The summed E-state index contributed by atoms with van der Waals surface area (Å²) in [4.78, 5) is 9.91. The molecule has 0 radical (unpaired) electrons. The van der Waals surface area contributed by atoms with E-state index in [2.05, 4.69) is 0 Å². The molecule has 0 saturated carbocycles. The molecule has 0 aliphatic carbocycles. The number of allylic oxidation sites excluding steroid dienone is 1. The fourth-order valence-corrected chi connectivity index (χ4v) is 1.40. The van der Waals surface area contributed by atoms with Crippen LogP contribution in [0.1, 0.15) is 0 Å². The van der Waals surface area contributed by atoms with E-state index in [9.17, 15) is 70.7 Å². The van der Waals surface area contributed by atoms with E-state index in [1.165, 1.54) is 0 Å². The van der Waals surface area contributed by atoms with Gasteiger partial charge in [0.1, 0.15) is 0 Å². The lowest BCUT2D eigenvalue weighted by atomic mass is 9.89. The summed E-state index contributed by atoms with van der Waals surface area (Å²) >= 11 is 0. The minimum atomic E-state index is -8.31. The fraction of sp³-hybridized carbons (Fsp3) is 0.727. The maximum absolute atomic E-state index is 13.2. The van der Waals surface area contributed by atoms with E-state index in [-0.39, 0.29) is 0 Å². The Morgan fingerprint density at radius 2 is 0.964 bits per heavy atom. The Morgan fingerprint density at radius 1 is 0.643 bits per heavy atom. The van der Waals surface area contributed by atoms with Crippen LogP contribution in [0, 0.1) is 0 Å². The van der Waals surface area contributed by atoms with Crippen molar-refractivity contribution in [3.05, 3.63) is 12.2 Å². The summed E-state index contributed by atoms with van der Waals surface area (Å²) in [5.74, 6) is -56.1. The molecule has 0 aliphatic rings. The molecule has 0 unspecified atom stereocenters. The van der Waals surface area contributed by atoms with Crippen LogP contribution in [0.4, 0.5) is 65.9 Å². The van der Waals surface area contributed by atoms with Crippen LogP contribution in [-0.2, 0) is 4.79 Å². The topological polar surface area (TPSA) is 37.3 Å². The smallest absolute Gasteiger partial charge is 0.385 e. The molecule has 0 spiro atoms. The lowest BCUT2D eigenvalue weighted by Gasteiger charge is -2.41. The van der Waals surface area contributed by atoms with Gasteiger partial charge in [-0.25, -0.2) is 9.18 Å². The van der Waals surface area contributed by atoms with E-state index >= 15 is 0 Å². The summed E-state index contributed by atoms with van der Waals surface area (Å²) in [6.45, 7) is -3.84. The van der Waals surface area contributed by atoms with Crippen molar-refractivity contribution in [1.29, 1.82) is 0 Å². The first-order valence-corrected chi connectivity index (χ1v) is 6.10. The largest absolute Gasteiger partial charge is 0.478 e. The second-order valence-electron chi connectivity index (χ2n) is 5.00. The molecule has 0 atom stereocenters. The molecule has 0 aliphatic heterocycles. The Labute approximate surface area is 143 Å². The highest BCUT2D eigenvalue weighted by Gasteiger charge is 2.92. The predicted octanol–water partition coefficient (Wildman–Crippen LogP) is 5.04. The first kappa shape index (κ1) is 26.2. The Bertz CT molecular complexity index is 621. The molecule has 0 aromatic heterocycles. The highest BCUT2D eigenvalue weighted by Crippen LogP contribution is 2.62. The van der Waals surface area contributed by atoms with Crippen LogP contribution in [-0.4, -0.2) is 59.2 Å². The van der Waals surface area contributed by atoms with E-state index in [0.29, 0.717) is 0 Å². The molecule has 0 bridgehead atoms. The van der Waals surface area contributed by atoms with Gasteiger partial charge in [0.05, 0.1) is 0 Å². The van der Waals surface area contributed by atoms with Gasteiger partial charge in [-0.15, -0.1) is 0 Å². The highest BCUT2D eigenvalue weighted by atomic mass is 19.4. The monoisotopic (exact) mass is 454 g/mol. The van der Waals surface area contributed by atoms with Gasteiger partial charge in [0, 0.05) is 6.08 Å². The molecule has 0 aromatic carbocycles. The molecule has 0 amide bonds. The van der Waals surface area contributed by atoms with E-state index in [1.54, 1.807) is 0 Å². The van der Waals surface area contributed by atoms with Gasteiger partial charge in [-0.3, -0.25) is 0 Å². The lowest BCUT2D eigenvalue weighted by molar-refractivity contribution is -0.438. The van der Waals surface area contributed by atoms with Gasteiger partial charge in [0.25, 0.3) is 0 Å². The Hall–Kier alpha value is -1.84. The number of carboxylic acid groups (broad SMARTS) is 1. The summed E-state index contributed by atoms with van der Waals surface area (Å²) in [5.41, 5.74) is 0. The molecule has 28 heavy (non-hydrogen) atoms. The molecule has 0 heterocycles. The molecule has 1 N–H and O–H groups in total. The zero-order valence-electron chi connectivity index (χ0n) is 12.4. The summed E-state index contributed by atoms with van der Waals surface area (Å²) in [6.07, 6.45) is -2.67. The third kappa shape index (κ3) is 3.46. The van der Waals surface area contributed by atoms with Crippen molar-refractivity contribution in [2.24, 2.45) is 0 Å². The van der Waals surface area contributed by atoms with Crippen molar-refractivity contribution in [3.63, 3.8) is 0 Å². The predicted molar refractivity (Wildman–Crippen MR) is 57.4 cm³/mol. The molecule has 2 nitrogen and oxygen atoms in total. The molecule has 0 rings (SSSR count). The van der Waals surface area contributed by atoms with Crippen molar-refractivity contribution >= 4 is 5.97 Å². The van der Waals surface area contributed by atoms with Crippen molar-refractivity contribution in [3.8, 4) is 0 Å². The summed E-state index contributed by atoms with van der Waals surface area (Å²) in [5, 5.41) is 7.92. The summed E-state index contributed by atoms with van der Waals surface area (Å²) in [6, 6.07) is 0. The number of halogens is 15. The third-order valence-corrected chi connectivity index (χ3v) is 3.06. The number of hydrogen-bond donors (Lipinski definition) is 1. The Morgan fingerprint density at radius 3 is 1.29 bits per heavy atom. The normalized spacial score (nSPS) is 16.0. The number of aliphatic carboxylic acids is 1. The van der Waals surface area contributed by atoms with Crippen molar-refractivity contribution < 1.29 is 75.8 Å². The molecule has 166 valence electrons. The zero-order chi connectivity index (χ0) is 23.2. The second-order valence-corrected chi connectivity index (χ2v) is 5.00. The van der Waals surface area contributed by atoms with Crippen LogP contribution in [0.15, 0.2) is 12.2 Å². The van der Waals surface area contributed by atoms with Crippen LogP contribution in [0.25, 0.3) is 0 Å². The van der Waals surface area contributed by atoms with Gasteiger partial charge >= 0.3 is 47.4 Å². The van der Waals surface area contributed by atoms with E-state index in [4.69, 9.17) is 5.11 Å². The molecular formula is C11H5F15O2. The van der Waals surface area contributed by atoms with Gasteiger partial charge in [0.2, 0.25) is 0 Å². The quantitative estimate of drug-likeness (QED) is 0.392. The van der Waals surface area contributed by atoms with Crippen LogP contribution in [0.5, 0.6) is 0 Å². The number of alkyl halides is 15. The minimum absolute atomic E-state index is 1.01. The van der Waals surface area contributed by atoms with Gasteiger partial charge in [0.15, 0.2) is 6.67 Å². The molecular weight excluding hydrogens is 449 g/mol. The van der Waals surface area contributed by atoms with Crippen LogP contribution in [0.3, 0.4) is 0 Å². The van der Waals surface area contributed by atoms with Crippen molar-refractivity contribution in [1.82, 2.24) is 0 Å². The van der Waals surface area contributed by atoms with Gasteiger partial charge in [-0.2, -0.15) is 61.5 Å². The maximum atomic E-state index is 13.2. The van der Waals surface area contributed by atoms with E-state index in [1.807, 2.05) is 0 Å². The molecule has 17 heteroatoms. The van der Waals surface area contributed by atoms with Gasteiger partial charge in [-0.05, 0) is 6.08 Å². The zero-order valence-corrected chi connectivity index (χ0v) is 12.4. The SMILES string of the molecule is O=C(O)C=CC(F)(F)C(F)(F)C(F)(F)C(F)(F)C(F)(F)C(F)(F)C(F)(F)CF. The second kappa shape index (κ2) is 6.89. The van der Waals surface area contributed by atoms with E-state index in [0.717, 1.165) is 0 Å². The first-order valence-electron chi connectivity index (χ1n) is 6.10. The maximum Gasteiger partial charge on any atom is 0.385 e. The van der Waals surface area contributed by atoms with Crippen molar-refractivity contribution in [2.75, 3.05) is 6.67 Å². The summed E-state index contributed by atoms with van der Waals surface area (Å²) < 4.78 is 194. The number of rotatable bonds is 9. The van der Waals surface area contributed by atoms with Crippen LogP contribution in [0.2, 0.25) is 0 Å². The molecule has 0 fully saturated rings. The number of hydrogen-bond acceptors (Lipinski definition) is 1. The molecule has 0 aromatic rings. The average molecular weight is 454 g/mol. The van der Waals surface area contributed by atoms with Crippen LogP contribution < -0.4 is 0 Å². The lowest BCUT2D eigenvalue weighted by Crippen LogP contribution is -2.73. The standard InChI is InChI=1S/C11H5F15O2/c12-3-6(15,16)8(19,20)10(23,24)11(25,26)9(21,22)7(17,18)5(13,14)2-1-4(27)28/h1-2H,3H2,(H,27,28). The van der Waals surface area contributed by atoms with Gasteiger partial charge in [-0.1, -0.05) is 0 Å². The summed E-state index contributed by atoms with van der Waals surface area (Å²) in [7, 11) is 0. The average Bonchev–Trinajstić information content (AvgIpc) is 2.51.